The van der Waals surface area contributed by atoms with Crippen molar-refractivity contribution in [3.8, 4) is 11.5 Å². The molecular formula is C23H24Cl2IN3O4. The number of benzene rings is 2. The lowest BCUT2D eigenvalue weighted by atomic mass is 10.0. The standard InChI is InChI=1S/C23H24Cl2IN3O4/c1-5-8-33-21-18(26)9-14(10-19(21)32-4)12-27-29-23(31)20(13(2)3)28-22(30)15-6-7-16(24)17(25)11-15/h5-7,9-13,20H,1,8H2,2-4H3,(H,28,30)(H,29,31). The molecule has 0 aliphatic carbocycles. The number of nitrogens with zero attached hydrogens (tertiary/aromatic N) is 1. The van der Waals surface area contributed by atoms with Crippen molar-refractivity contribution in [2.75, 3.05) is 13.7 Å². The van der Waals surface area contributed by atoms with Crippen molar-refractivity contribution in [2.24, 2.45) is 11.0 Å². The van der Waals surface area contributed by atoms with Crippen LogP contribution in [0.3, 0.4) is 0 Å². The Hall–Kier alpha value is -2.30. The predicted octanol–water partition coefficient (Wildman–Crippen LogP) is 5.08. The van der Waals surface area contributed by atoms with E-state index in [0.717, 1.165) is 3.57 Å². The van der Waals surface area contributed by atoms with Gasteiger partial charge in [-0.3, -0.25) is 9.59 Å². The van der Waals surface area contributed by atoms with Gasteiger partial charge < -0.3 is 14.8 Å². The zero-order chi connectivity index (χ0) is 24.5. The number of carbonyl (C=O) groups excluding carboxylic acids is 2. The summed E-state index contributed by atoms with van der Waals surface area (Å²) in [5, 5.41) is 7.33. The summed E-state index contributed by atoms with van der Waals surface area (Å²) in [4.78, 5) is 25.3. The first-order valence-corrected chi connectivity index (χ1v) is 11.7. The van der Waals surface area contributed by atoms with E-state index in [1.165, 1.54) is 24.4 Å². The van der Waals surface area contributed by atoms with E-state index in [9.17, 15) is 9.59 Å². The molecule has 10 heteroatoms. The highest BCUT2D eigenvalue weighted by atomic mass is 127. The fourth-order valence-electron chi connectivity index (χ4n) is 2.73. The number of amides is 2. The molecule has 2 N–H and O–H groups in total. The van der Waals surface area contributed by atoms with Gasteiger partial charge in [0.25, 0.3) is 11.8 Å². The van der Waals surface area contributed by atoms with Crippen LogP contribution < -0.4 is 20.2 Å². The van der Waals surface area contributed by atoms with Crippen molar-refractivity contribution in [3.63, 3.8) is 0 Å². The third-order valence-electron chi connectivity index (χ3n) is 4.40. The van der Waals surface area contributed by atoms with Gasteiger partial charge in [-0.1, -0.05) is 49.7 Å². The Labute approximate surface area is 216 Å². The van der Waals surface area contributed by atoms with Gasteiger partial charge in [0.1, 0.15) is 12.6 Å². The van der Waals surface area contributed by atoms with E-state index in [-0.39, 0.29) is 10.9 Å². The molecule has 0 fully saturated rings. The Bertz CT molecular complexity index is 1060. The van der Waals surface area contributed by atoms with Gasteiger partial charge in [-0.15, -0.1) is 0 Å². The molecule has 0 bridgehead atoms. The first-order valence-electron chi connectivity index (χ1n) is 9.88. The van der Waals surface area contributed by atoms with Crippen LogP contribution in [0.5, 0.6) is 11.5 Å². The molecule has 7 nitrogen and oxygen atoms in total. The van der Waals surface area contributed by atoms with Crippen molar-refractivity contribution in [2.45, 2.75) is 19.9 Å². The number of hydrogen-bond donors (Lipinski definition) is 2. The second kappa shape index (κ2) is 12.8. The summed E-state index contributed by atoms with van der Waals surface area (Å²) < 4.78 is 11.8. The minimum absolute atomic E-state index is 0.186. The topological polar surface area (TPSA) is 89.0 Å². The number of methoxy groups -OCH3 is 1. The van der Waals surface area contributed by atoms with E-state index in [4.69, 9.17) is 32.7 Å². The van der Waals surface area contributed by atoms with E-state index in [1.807, 2.05) is 19.9 Å². The van der Waals surface area contributed by atoms with Gasteiger partial charge in [0.2, 0.25) is 0 Å². The van der Waals surface area contributed by atoms with E-state index in [2.05, 4.69) is 45.0 Å². The molecular weight excluding hydrogens is 580 g/mol. The van der Waals surface area contributed by atoms with Crippen LogP contribution >= 0.6 is 45.8 Å². The summed E-state index contributed by atoms with van der Waals surface area (Å²) in [5.41, 5.74) is 3.47. The highest BCUT2D eigenvalue weighted by Crippen LogP contribution is 2.33. The average Bonchev–Trinajstić information content (AvgIpc) is 2.77. The third kappa shape index (κ3) is 7.62. The SMILES string of the molecule is C=CCOc1c(I)cc(C=NNC(=O)C(NC(=O)c2ccc(Cl)c(Cl)c2)C(C)C)cc1OC. The number of hydrogen-bond acceptors (Lipinski definition) is 5. The second-order valence-corrected chi connectivity index (χ2v) is 9.17. The van der Waals surface area contributed by atoms with Crippen LogP contribution in [0.2, 0.25) is 10.0 Å². The summed E-state index contributed by atoms with van der Waals surface area (Å²) >= 11 is 14.0. The van der Waals surface area contributed by atoms with Crippen LogP contribution in [0.1, 0.15) is 29.8 Å². The number of halogens is 3. The summed E-state index contributed by atoms with van der Waals surface area (Å²) in [6, 6.07) is 7.27. The number of hydrazone groups is 1. The molecule has 0 saturated heterocycles. The van der Waals surface area contributed by atoms with Gasteiger partial charge in [0, 0.05) is 5.56 Å². The number of carbonyl (C=O) groups is 2. The van der Waals surface area contributed by atoms with Crippen LogP contribution in [-0.4, -0.2) is 37.8 Å². The summed E-state index contributed by atoms with van der Waals surface area (Å²) in [6.07, 6.45) is 3.13. The molecule has 2 amide bonds. The van der Waals surface area contributed by atoms with Gasteiger partial charge in [-0.25, -0.2) is 5.43 Å². The van der Waals surface area contributed by atoms with Crippen LogP contribution in [0, 0.1) is 9.49 Å². The van der Waals surface area contributed by atoms with Gasteiger partial charge in [0.15, 0.2) is 11.5 Å². The largest absolute Gasteiger partial charge is 0.493 e. The van der Waals surface area contributed by atoms with E-state index in [1.54, 1.807) is 19.3 Å². The smallest absolute Gasteiger partial charge is 0.262 e. The summed E-state index contributed by atoms with van der Waals surface area (Å²) in [7, 11) is 1.54. The Morgan fingerprint density at radius 2 is 1.94 bits per heavy atom. The third-order valence-corrected chi connectivity index (χ3v) is 5.94. The van der Waals surface area contributed by atoms with Crippen LogP contribution in [0.15, 0.2) is 48.1 Å². The van der Waals surface area contributed by atoms with Gasteiger partial charge in [-0.05, 0) is 64.4 Å². The summed E-state index contributed by atoms with van der Waals surface area (Å²) in [6.45, 7) is 7.62. The molecule has 2 aromatic carbocycles. The molecule has 0 aromatic heterocycles. The Balaban J connectivity index is 2.10. The normalized spacial score (nSPS) is 11.8. The number of rotatable bonds is 10. The first kappa shape index (κ1) is 26.9. The van der Waals surface area contributed by atoms with Crippen molar-refractivity contribution < 1.29 is 19.1 Å². The van der Waals surface area contributed by atoms with Crippen LogP contribution in [-0.2, 0) is 4.79 Å². The van der Waals surface area contributed by atoms with Crippen LogP contribution in [0.25, 0.3) is 0 Å². The van der Waals surface area contributed by atoms with Crippen molar-refractivity contribution >= 4 is 63.8 Å². The van der Waals surface area contributed by atoms with E-state index < -0.39 is 17.9 Å². The highest BCUT2D eigenvalue weighted by Gasteiger charge is 2.24. The van der Waals surface area contributed by atoms with E-state index in [0.29, 0.717) is 34.3 Å². The van der Waals surface area contributed by atoms with Crippen molar-refractivity contribution in [1.82, 2.24) is 10.7 Å². The first-order chi connectivity index (χ1) is 15.7. The quantitative estimate of drug-likeness (QED) is 0.172. The molecule has 1 unspecified atom stereocenters. The highest BCUT2D eigenvalue weighted by molar-refractivity contribution is 14.1. The lowest BCUT2D eigenvalue weighted by Gasteiger charge is -2.20. The van der Waals surface area contributed by atoms with Crippen molar-refractivity contribution in [3.05, 3.63) is 67.7 Å². The maximum absolute atomic E-state index is 12.7. The zero-order valence-corrected chi connectivity index (χ0v) is 22.0. The Morgan fingerprint density at radius 3 is 2.55 bits per heavy atom. The average molecular weight is 604 g/mol. The lowest BCUT2D eigenvalue weighted by molar-refractivity contribution is -0.123. The number of ether oxygens (including phenoxy) is 2. The molecule has 0 radical (unpaired) electrons. The molecule has 33 heavy (non-hydrogen) atoms. The van der Waals surface area contributed by atoms with Crippen molar-refractivity contribution in [1.29, 1.82) is 0 Å². The monoisotopic (exact) mass is 603 g/mol. The molecule has 2 aromatic rings. The van der Waals surface area contributed by atoms with Crippen LogP contribution in [0.4, 0.5) is 0 Å². The predicted molar refractivity (Wildman–Crippen MR) is 140 cm³/mol. The Morgan fingerprint density at radius 1 is 1.21 bits per heavy atom. The fourth-order valence-corrected chi connectivity index (χ4v) is 3.81. The molecule has 0 saturated carbocycles. The van der Waals surface area contributed by atoms with Gasteiger partial charge in [-0.2, -0.15) is 5.10 Å². The van der Waals surface area contributed by atoms with Gasteiger partial charge >= 0.3 is 0 Å². The molecule has 0 heterocycles. The second-order valence-electron chi connectivity index (χ2n) is 7.19. The number of nitrogens with one attached hydrogen (secondary N) is 2. The molecule has 176 valence electrons. The molecule has 0 aliphatic heterocycles. The molecule has 0 aliphatic rings. The molecule has 1 atom stereocenters. The summed E-state index contributed by atoms with van der Waals surface area (Å²) in [5.74, 6) is 0.0480. The maximum atomic E-state index is 12.7. The minimum Gasteiger partial charge on any atom is -0.493 e. The lowest BCUT2D eigenvalue weighted by Crippen LogP contribution is -2.48. The maximum Gasteiger partial charge on any atom is 0.262 e. The minimum atomic E-state index is -0.812. The van der Waals surface area contributed by atoms with Gasteiger partial charge in [0.05, 0.1) is 26.9 Å². The Kier molecular flexibility index (Phi) is 10.5. The fraction of sp³-hybridized carbons (Fsp3) is 0.261. The molecule has 2 rings (SSSR count). The van der Waals surface area contributed by atoms with E-state index >= 15 is 0 Å². The molecule has 0 spiro atoms. The zero-order valence-electron chi connectivity index (χ0n) is 18.3.